The Morgan fingerprint density at radius 2 is 2.12 bits per heavy atom. The molecule has 0 saturated heterocycles. The van der Waals surface area contributed by atoms with Gasteiger partial charge in [-0.2, -0.15) is 4.99 Å². The smallest absolute Gasteiger partial charge is 0.220 e. The second-order valence-corrected chi connectivity index (χ2v) is 3.23. The van der Waals surface area contributed by atoms with Crippen molar-refractivity contribution in [2.24, 2.45) is 16.5 Å². The number of aromatic amines is 1. The first-order chi connectivity index (χ1) is 8.09. The number of rotatable bonds is 3. The zero-order chi connectivity index (χ0) is 13.3. The molecule has 0 aliphatic heterocycles. The molecule has 0 spiro atoms. The normalized spacial score (nSPS) is 8.88. The molecule has 0 saturated carbocycles. The molecule has 0 radical (unpaired) electrons. The van der Waals surface area contributed by atoms with Crippen LogP contribution < -0.4 is 11.5 Å². The molecule has 0 unspecified atom stereocenters. The summed E-state index contributed by atoms with van der Waals surface area (Å²) in [5.74, 6) is -0.0201. The predicted molar refractivity (Wildman–Crippen MR) is 72.0 cm³/mol. The number of likely N-dealkylation sites (N-methyl/N-ethyl adjacent to an activating group) is 1. The summed E-state index contributed by atoms with van der Waals surface area (Å²) in [5, 5.41) is 7.52. The molecule has 0 amide bonds. The number of hydrogen-bond acceptors (Lipinski definition) is 1. The Morgan fingerprint density at radius 3 is 2.59 bits per heavy atom. The molecule has 6 heteroatoms. The van der Waals surface area contributed by atoms with E-state index in [9.17, 15) is 0 Å². The fourth-order valence-electron chi connectivity index (χ4n) is 1.12. The summed E-state index contributed by atoms with van der Waals surface area (Å²) in [6.07, 6.45) is 2.70. The van der Waals surface area contributed by atoms with Gasteiger partial charge >= 0.3 is 0 Å². The van der Waals surface area contributed by atoms with Crippen LogP contribution in [0.5, 0.6) is 0 Å². The van der Waals surface area contributed by atoms with Crippen molar-refractivity contribution in [2.75, 3.05) is 13.6 Å². The van der Waals surface area contributed by atoms with Crippen LogP contribution >= 0.6 is 0 Å². The van der Waals surface area contributed by atoms with E-state index in [0.717, 1.165) is 12.1 Å². The minimum absolute atomic E-state index is 0.0709. The quantitative estimate of drug-likeness (QED) is 0.460. The Hall–Kier alpha value is -1.98. The molecule has 17 heavy (non-hydrogen) atoms. The standard InChI is InChI=1S/C9H16N6.C2H6/c1-15(9(12)14-8(10)11)6-4-7-3-2-5-13-7;1-2/h2-3,5,13H,4,6H2,1H3,(H5,10,11,12,14);1-2H3. The molecule has 0 aromatic carbocycles. The number of nitrogens with two attached hydrogens (primary N) is 2. The van der Waals surface area contributed by atoms with E-state index in [1.165, 1.54) is 0 Å². The average molecular weight is 238 g/mol. The lowest BCUT2D eigenvalue weighted by Crippen LogP contribution is -2.31. The second kappa shape index (κ2) is 8.20. The monoisotopic (exact) mass is 238 g/mol. The number of H-pyrrole nitrogens is 1. The van der Waals surface area contributed by atoms with Crippen molar-refractivity contribution >= 4 is 11.9 Å². The van der Waals surface area contributed by atoms with Crippen LogP contribution in [0.2, 0.25) is 0 Å². The van der Waals surface area contributed by atoms with Crippen LogP contribution in [0.1, 0.15) is 19.5 Å². The maximum absolute atomic E-state index is 7.52. The lowest BCUT2D eigenvalue weighted by molar-refractivity contribution is 0.497. The molecule has 0 atom stereocenters. The van der Waals surface area contributed by atoms with Gasteiger partial charge in [-0.25, -0.2) is 0 Å². The first-order valence-electron chi connectivity index (χ1n) is 5.61. The van der Waals surface area contributed by atoms with Crippen LogP contribution in [0.25, 0.3) is 0 Å². The van der Waals surface area contributed by atoms with Gasteiger partial charge in [0.2, 0.25) is 5.96 Å². The van der Waals surface area contributed by atoms with E-state index in [4.69, 9.17) is 16.9 Å². The van der Waals surface area contributed by atoms with Gasteiger partial charge in [-0.15, -0.1) is 0 Å². The summed E-state index contributed by atoms with van der Waals surface area (Å²) in [6, 6.07) is 3.94. The summed E-state index contributed by atoms with van der Waals surface area (Å²) < 4.78 is 0. The number of aromatic nitrogens is 1. The van der Waals surface area contributed by atoms with Gasteiger partial charge in [-0.3, -0.25) is 5.41 Å². The maximum atomic E-state index is 7.52. The lowest BCUT2D eigenvalue weighted by atomic mass is 10.3. The Labute approximate surface area is 102 Å². The highest BCUT2D eigenvalue weighted by atomic mass is 15.2. The highest BCUT2D eigenvalue weighted by Gasteiger charge is 2.03. The molecular formula is C11H22N6. The van der Waals surface area contributed by atoms with Crippen molar-refractivity contribution in [1.82, 2.24) is 9.88 Å². The topological polar surface area (TPSA) is 107 Å². The van der Waals surface area contributed by atoms with Gasteiger partial charge in [0.25, 0.3) is 0 Å². The SMILES string of the molecule is CC.CN(CCc1ccc[nH]1)C(=N)N=C(N)N. The molecule has 6 nitrogen and oxygen atoms in total. The van der Waals surface area contributed by atoms with E-state index in [0.29, 0.717) is 6.54 Å². The van der Waals surface area contributed by atoms with E-state index in [-0.39, 0.29) is 11.9 Å². The van der Waals surface area contributed by atoms with Crippen LogP contribution in [0.3, 0.4) is 0 Å². The zero-order valence-corrected chi connectivity index (χ0v) is 10.7. The maximum Gasteiger partial charge on any atom is 0.220 e. The molecule has 0 aliphatic carbocycles. The molecule has 6 N–H and O–H groups in total. The van der Waals surface area contributed by atoms with Crippen molar-refractivity contribution in [3.8, 4) is 0 Å². The molecule has 1 heterocycles. The summed E-state index contributed by atoms with van der Waals surface area (Å²) >= 11 is 0. The van der Waals surface area contributed by atoms with Gasteiger partial charge < -0.3 is 21.4 Å². The van der Waals surface area contributed by atoms with Gasteiger partial charge in [0.1, 0.15) is 0 Å². The van der Waals surface area contributed by atoms with Crippen molar-refractivity contribution in [3.63, 3.8) is 0 Å². The van der Waals surface area contributed by atoms with Crippen LogP contribution in [0.15, 0.2) is 23.3 Å². The van der Waals surface area contributed by atoms with Gasteiger partial charge in [0.15, 0.2) is 5.96 Å². The molecule has 1 aromatic heterocycles. The average Bonchev–Trinajstić information content (AvgIpc) is 2.80. The number of hydrogen-bond donors (Lipinski definition) is 4. The van der Waals surface area contributed by atoms with Gasteiger partial charge in [-0.05, 0) is 12.1 Å². The van der Waals surface area contributed by atoms with Crippen molar-refractivity contribution in [3.05, 3.63) is 24.0 Å². The Balaban J connectivity index is 0.00000121. The number of guanidine groups is 2. The van der Waals surface area contributed by atoms with Crippen LogP contribution in [-0.4, -0.2) is 35.4 Å². The first-order valence-corrected chi connectivity index (χ1v) is 5.61. The second-order valence-electron chi connectivity index (χ2n) is 3.23. The third-order valence-corrected chi connectivity index (χ3v) is 1.98. The summed E-state index contributed by atoms with van der Waals surface area (Å²) in [4.78, 5) is 8.42. The molecular weight excluding hydrogens is 216 g/mol. The van der Waals surface area contributed by atoms with Crippen LogP contribution in [0.4, 0.5) is 0 Å². The van der Waals surface area contributed by atoms with Crippen LogP contribution in [-0.2, 0) is 6.42 Å². The third-order valence-electron chi connectivity index (χ3n) is 1.98. The fraction of sp³-hybridized carbons (Fsp3) is 0.455. The van der Waals surface area contributed by atoms with E-state index in [1.54, 1.807) is 11.9 Å². The minimum atomic E-state index is -0.0910. The number of aliphatic imine (C=N–C) groups is 1. The lowest BCUT2D eigenvalue weighted by Gasteiger charge is -2.15. The van der Waals surface area contributed by atoms with Crippen LogP contribution in [0, 0.1) is 5.41 Å². The summed E-state index contributed by atoms with van der Waals surface area (Å²) in [5.41, 5.74) is 11.5. The Bertz CT molecular complexity index is 337. The van der Waals surface area contributed by atoms with E-state index >= 15 is 0 Å². The van der Waals surface area contributed by atoms with E-state index in [1.807, 2.05) is 32.2 Å². The van der Waals surface area contributed by atoms with Gasteiger partial charge in [0.05, 0.1) is 0 Å². The van der Waals surface area contributed by atoms with Crippen molar-refractivity contribution < 1.29 is 0 Å². The zero-order valence-electron chi connectivity index (χ0n) is 10.7. The van der Waals surface area contributed by atoms with E-state index < -0.39 is 0 Å². The van der Waals surface area contributed by atoms with Crippen molar-refractivity contribution in [1.29, 1.82) is 5.41 Å². The predicted octanol–water partition coefficient (Wildman–Crippen LogP) is 0.723. The van der Waals surface area contributed by atoms with Gasteiger partial charge in [-0.1, -0.05) is 13.8 Å². The molecule has 1 aromatic rings. The first kappa shape index (κ1) is 15.0. The Morgan fingerprint density at radius 1 is 1.47 bits per heavy atom. The minimum Gasteiger partial charge on any atom is -0.370 e. The summed E-state index contributed by atoms with van der Waals surface area (Å²) in [6.45, 7) is 4.69. The highest BCUT2D eigenvalue weighted by molar-refractivity contribution is 5.91. The molecule has 0 bridgehead atoms. The number of nitrogens with one attached hydrogen (secondary N) is 2. The van der Waals surface area contributed by atoms with E-state index in [2.05, 4.69) is 9.98 Å². The molecule has 0 aliphatic rings. The molecule has 0 fully saturated rings. The fourth-order valence-corrected chi connectivity index (χ4v) is 1.12. The Kier molecular flexibility index (Phi) is 7.25. The third kappa shape index (κ3) is 6.24. The highest BCUT2D eigenvalue weighted by Crippen LogP contribution is 1.97. The molecule has 96 valence electrons. The number of nitrogens with zero attached hydrogens (tertiary/aromatic N) is 2. The molecule has 1 rings (SSSR count). The largest absolute Gasteiger partial charge is 0.370 e. The van der Waals surface area contributed by atoms with Gasteiger partial charge in [0, 0.05) is 31.9 Å². The summed E-state index contributed by atoms with van der Waals surface area (Å²) in [7, 11) is 1.78. The van der Waals surface area contributed by atoms with Crippen molar-refractivity contribution in [2.45, 2.75) is 20.3 Å².